The number of aromatic nitrogens is 4. The van der Waals surface area contributed by atoms with Crippen molar-refractivity contribution in [1.82, 2.24) is 19.3 Å². The van der Waals surface area contributed by atoms with Crippen molar-refractivity contribution >= 4 is 22.8 Å². The van der Waals surface area contributed by atoms with E-state index < -0.39 is 0 Å². The summed E-state index contributed by atoms with van der Waals surface area (Å²) in [4.78, 5) is 4.64. The quantitative estimate of drug-likeness (QED) is 0.695. The first-order valence-electron chi connectivity index (χ1n) is 6.79. The summed E-state index contributed by atoms with van der Waals surface area (Å²) in [6.45, 7) is 2.49. The SMILES string of the molecule is Cc1nn(C)c2c1nc(CCCl)n2Cc1cccc(F)c1. The van der Waals surface area contributed by atoms with E-state index in [0.717, 1.165) is 28.2 Å². The fourth-order valence-electron chi connectivity index (χ4n) is 2.64. The van der Waals surface area contributed by atoms with Crippen LogP contribution in [-0.2, 0) is 20.0 Å². The first kappa shape index (κ1) is 14.1. The topological polar surface area (TPSA) is 35.6 Å². The predicted molar refractivity (Wildman–Crippen MR) is 81.2 cm³/mol. The molecule has 0 amide bonds. The van der Waals surface area contributed by atoms with E-state index in [4.69, 9.17) is 11.6 Å². The van der Waals surface area contributed by atoms with E-state index in [0.29, 0.717) is 18.8 Å². The van der Waals surface area contributed by atoms with Gasteiger partial charge in [0.2, 0.25) is 0 Å². The molecule has 3 rings (SSSR count). The van der Waals surface area contributed by atoms with Crippen LogP contribution in [0.3, 0.4) is 0 Å². The molecule has 0 saturated heterocycles. The van der Waals surface area contributed by atoms with Crippen LogP contribution in [0.4, 0.5) is 4.39 Å². The Morgan fingerprint density at radius 2 is 2.14 bits per heavy atom. The Hall–Kier alpha value is -1.88. The average molecular weight is 307 g/mol. The third-order valence-corrected chi connectivity index (χ3v) is 3.71. The van der Waals surface area contributed by atoms with Crippen molar-refractivity contribution in [2.75, 3.05) is 5.88 Å². The monoisotopic (exact) mass is 306 g/mol. The molecule has 0 fully saturated rings. The predicted octanol–water partition coefficient (Wildman–Crippen LogP) is 3.05. The van der Waals surface area contributed by atoms with Crippen molar-refractivity contribution in [2.24, 2.45) is 7.05 Å². The molecule has 0 unspecified atom stereocenters. The second-order valence-corrected chi connectivity index (χ2v) is 5.44. The van der Waals surface area contributed by atoms with Crippen LogP contribution >= 0.6 is 11.6 Å². The minimum absolute atomic E-state index is 0.232. The number of benzene rings is 1. The van der Waals surface area contributed by atoms with E-state index >= 15 is 0 Å². The molecule has 0 N–H and O–H groups in total. The number of hydrogen-bond acceptors (Lipinski definition) is 2. The summed E-state index contributed by atoms with van der Waals surface area (Å²) in [7, 11) is 1.89. The molecular weight excluding hydrogens is 291 g/mol. The fourth-order valence-corrected chi connectivity index (χ4v) is 2.81. The first-order valence-corrected chi connectivity index (χ1v) is 7.32. The Kier molecular flexibility index (Phi) is 3.68. The third kappa shape index (κ3) is 2.53. The number of halogens is 2. The van der Waals surface area contributed by atoms with Gasteiger partial charge in [-0.3, -0.25) is 4.68 Å². The number of imidazole rings is 1. The lowest BCUT2D eigenvalue weighted by Gasteiger charge is -2.09. The minimum atomic E-state index is -0.232. The molecule has 4 nitrogen and oxygen atoms in total. The number of alkyl halides is 1. The molecule has 0 bridgehead atoms. The van der Waals surface area contributed by atoms with Gasteiger partial charge in [0.1, 0.15) is 17.2 Å². The van der Waals surface area contributed by atoms with Crippen LogP contribution in [-0.4, -0.2) is 25.2 Å². The zero-order valence-electron chi connectivity index (χ0n) is 12.0. The van der Waals surface area contributed by atoms with Crippen molar-refractivity contribution in [3.63, 3.8) is 0 Å². The first-order chi connectivity index (χ1) is 10.1. The van der Waals surface area contributed by atoms with Crippen LogP contribution in [0.15, 0.2) is 24.3 Å². The van der Waals surface area contributed by atoms with E-state index in [1.807, 2.05) is 24.7 Å². The molecule has 0 aliphatic carbocycles. The summed E-state index contributed by atoms with van der Waals surface area (Å²) >= 11 is 5.87. The molecule has 0 spiro atoms. The van der Waals surface area contributed by atoms with Gasteiger partial charge in [0, 0.05) is 19.3 Å². The van der Waals surface area contributed by atoms with Crippen molar-refractivity contribution in [2.45, 2.75) is 19.9 Å². The van der Waals surface area contributed by atoms with Gasteiger partial charge in [-0.2, -0.15) is 5.10 Å². The highest BCUT2D eigenvalue weighted by Crippen LogP contribution is 2.21. The maximum atomic E-state index is 13.4. The molecule has 0 aliphatic heterocycles. The summed E-state index contributed by atoms with van der Waals surface area (Å²) in [6, 6.07) is 6.61. The molecule has 3 aromatic rings. The van der Waals surface area contributed by atoms with E-state index in [1.54, 1.807) is 12.1 Å². The smallest absolute Gasteiger partial charge is 0.158 e. The van der Waals surface area contributed by atoms with Gasteiger partial charge < -0.3 is 4.57 Å². The number of hydrogen-bond donors (Lipinski definition) is 0. The van der Waals surface area contributed by atoms with Gasteiger partial charge in [-0.05, 0) is 24.6 Å². The number of nitrogens with zero attached hydrogens (tertiary/aromatic N) is 4. The molecular formula is C15H16ClFN4. The van der Waals surface area contributed by atoms with Gasteiger partial charge in [-0.15, -0.1) is 11.6 Å². The Balaban J connectivity index is 2.12. The van der Waals surface area contributed by atoms with Crippen LogP contribution in [0, 0.1) is 12.7 Å². The zero-order valence-corrected chi connectivity index (χ0v) is 12.7. The highest BCUT2D eigenvalue weighted by Gasteiger charge is 2.17. The largest absolute Gasteiger partial charge is 0.308 e. The van der Waals surface area contributed by atoms with Gasteiger partial charge in [0.15, 0.2) is 5.65 Å². The Morgan fingerprint density at radius 3 is 2.86 bits per heavy atom. The standard InChI is InChI=1S/C15H16ClFN4/c1-10-14-15(20(2)19-10)21(13(18-14)6-7-16)9-11-4-3-5-12(17)8-11/h3-5,8H,6-7,9H2,1-2H3. The normalized spacial score (nSPS) is 11.4. The lowest BCUT2D eigenvalue weighted by atomic mass is 10.2. The summed E-state index contributed by atoms with van der Waals surface area (Å²) in [5, 5.41) is 4.40. The lowest BCUT2D eigenvalue weighted by Crippen LogP contribution is -2.09. The van der Waals surface area contributed by atoms with Crippen molar-refractivity contribution in [3.8, 4) is 0 Å². The van der Waals surface area contributed by atoms with Gasteiger partial charge in [0.25, 0.3) is 0 Å². The minimum Gasteiger partial charge on any atom is -0.308 e. The Morgan fingerprint density at radius 1 is 1.33 bits per heavy atom. The Labute approximate surface area is 127 Å². The Bertz CT molecular complexity index is 790. The molecule has 6 heteroatoms. The lowest BCUT2D eigenvalue weighted by molar-refractivity contribution is 0.622. The van der Waals surface area contributed by atoms with Crippen molar-refractivity contribution in [3.05, 3.63) is 47.2 Å². The summed E-state index contributed by atoms with van der Waals surface area (Å²) < 4.78 is 17.3. The van der Waals surface area contributed by atoms with Gasteiger partial charge >= 0.3 is 0 Å². The number of aryl methyl sites for hydroxylation is 3. The summed E-state index contributed by atoms with van der Waals surface area (Å²) in [6.07, 6.45) is 0.672. The molecule has 21 heavy (non-hydrogen) atoms. The molecule has 0 atom stereocenters. The van der Waals surface area contributed by atoms with E-state index in [9.17, 15) is 4.39 Å². The maximum absolute atomic E-state index is 13.4. The van der Waals surface area contributed by atoms with Gasteiger partial charge in [-0.1, -0.05) is 12.1 Å². The molecule has 110 valence electrons. The number of rotatable bonds is 4. The fraction of sp³-hybridized carbons (Fsp3) is 0.333. The third-order valence-electron chi connectivity index (χ3n) is 3.52. The molecule has 2 heterocycles. The van der Waals surface area contributed by atoms with E-state index in [1.165, 1.54) is 6.07 Å². The molecule has 1 aromatic carbocycles. The molecule has 0 aliphatic rings. The van der Waals surface area contributed by atoms with Gasteiger partial charge in [0.05, 0.1) is 12.2 Å². The van der Waals surface area contributed by atoms with E-state index in [-0.39, 0.29) is 5.82 Å². The van der Waals surface area contributed by atoms with Crippen LogP contribution in [0.2, 0.25) is 0 Å². The van der Waals surface area contributed by atoms with Crippen LogP contribution in [0.1, 0.15) is 17.1 Å². The highest BCUT2D eigenvalue weighted by atomic mass is 35.5. The zero-order chi connectivity index (χ0) is 15.0. The highest BCUT2D eigenvalue weighted by molar-refractivity contribution is 6.17. The molecule has 0 radical (unpaired) electrons. The second-order valence-electron chi connectivity index (χ2n) is 5.06. The number of fused-ring (bicyclic) bond motifs is 1. The summed E-state index contributed by atoms with van der Waals surface area (Å²) in [5.74, 6) is 1.17. The van der Waals surface area contributed by atoms with Crippen LogP contribution in [0.5, 0.6) is 0 Å². The molecule has 0 saturated carbocycles. The van der Waals surface area contributed by atoms with Crippen molar-refractivity contribution < 1.29 is 4.39 Å². The average Bonchev–Trinajstić information content (AvgIpc) is 2.91. The second kappa shape index (κ2) is 5.48. The maximum Gasteiger partial charge on any atom is 0.158 e. The van der Waals surface area contributed by atoms with Crippen LogP contribution in [0.25, 0.3) is 11.2 Å². The molecule has 2 aromatic heterocycles. The summed E-state index contributed by atoms with van der Waals surface area (Å²) in [5.41, 5.74) is 3.61. The van der Waals surface area contributed by atoms with Crippen LogP contribution < -0.4 is 0 Å². The van der Waals surface area contributed by atoms with Gasteiger partial charge in [-0.25, -0.2) is 9.37 Å². The van der Waals surface area contributed by atoms with Crippen molar-refractivity contribution in [1.29, 1.82) is 0 Å². The van der Waals surface area contributed by atoms with E-state index in [2.05, 4.69) is 14.6 Å².